The molecule has 1 unspecified atom stereocenters. The predicted octanol–water partition coefficient (Wildman–Crippen LogP) is 4.32. The van der Waals surface area contributed by atoms with Gasteiger partial charge in [-0.15, -0.1) is 0 Å². The maximum absolute atomic E-state index is 12.6. The summed E-state index contributed by atoms with van der Waals surface area (Å²) < 4.78 is 0. The molecule has 1 saturated heterocycles. The van der Waals surface area contributed by atoms with Gasteiger partial charge in [0.2, 0.25) is 5.91 Å². The van der Waals surface area contributed by atoms with Gasteiger partial charge in [-0.3, -0.25) is 9.69 Å². The molecule has 0 bridgehead atoms. The molecule has 1 rings (SSSR count). The molecule has 0 radical (unpaired) electrons. The molecule has 0 spiro atoms. The molecule has 1 amide bonds. The van der Waals surface area contributed by atoms with Crippen molar-refractivity contribution < 1.29 is 4.79 Å². The van der Waals surface area contributed by atoms with Gasteiger partial charge in [-0.1, -0.05) is 66.7 Å². The van der Waals surface area contributed by atoms with Crippen LogP contribution in [0.5, 0.6) is 0 Å². The molecular formula is C19H38N2O. The van der Waals surface area contributed by atoms with Crippen LogP contribution in [0, 0.1) is 5.41 Å². The number of hydrogen-bond acceptors (Lipinski definition) is 2. The number of nitrogens with zero attached hydrogens (tertiary/aromatic N) is 2. The molecule has 1 atom stereocenters. The zero-order valence-corrected chi connectivity index (χ0v) is 15.7. The van der Waals surface area contributed by atoms with Crippen LogP contribution in [-0.2, 0) is 4.79 Å². The Kier molecular flexibility index (Phi) is 8.45. The molecule has 0 aliphatic carbocycles. The van der Waals surface area contributed by atoms with Gasteiger partial charge in [0, 0.05) is 31.1 Å². The topological polar surface area (TPSA) is 23.6 Å². The summed E-state index contributed by atoms with van der Waals surface area (Å²) >= 11 is 0. The maximum atomic E-state index is 12.6. The Morgan fingerprint density at radius 3 is 2.23 bits per heavy atom. The van der Waals surface area contributed by atoms with Gasteiger partial charge in [0.15, 0.2) is 0 Å². The van der Waals surface area contributed by atoms with Crippen molar-refractivity contribution in [2.24, 2.45) is 5.41 Å². The Balaban J connectivity index is 2.60. The van der Waals surface area contributed by atoms with E-state index in [4.69, 9.17) is 0 Å². The second kappa shape index (κ2) is 9.54. The number of amides is 1. The SMILES string of the molecule is CCCCCC1CN(C(=O)C(C)(C)C)CCN1CCCCC. The summed E-state index contributed by atoms with van der Waals surface area (Å²) in [5, 5.41) is 0. The maximum Gasteiger partial charge on any atom is 0.228 e. The van der Waals surface area contributed by atoms with Crippen molar-refractivity contribution in [3.63, 3.8) is 0 Å². The van der Waals surface area contributed by atoms with Crippen LogP contribution in [0.25, 0.3) is 0 Å². The molecular weight excluding hydrogens is 272 g/mol. The van der Waals surface area contributed by atoms with E-state index in [-0.39, 0.29) is 5.41 Å². The number of hydrogen-bond donors (Lipinski definition) is 0. The third-order valence-corrected chi connectivity index (χ3v) is 4.72. The second-order valence-electron chi connectivity index (χ2n) is 7.89. The molecule has 3 heteroatoms. The number of rotatable bonds is 8. The number of carbonyl (C=O) groups is 1. The van der Waals surface area contributed by atoms with E-state index in [0.29, 0.717) is 11.9 Å². The third-order valence-electron chi connectivity index (χ3n) is 4.72. The lowest BCUT2D eigenvalue weighted by Crippen LogP contribution is -2.56. The molecule has 1 heterocycles. The van der Waals surface area contributed by atoms with Gasteiger partial charge in [0.05, 0.1) is 0 Å². The Morgan fingerprint density at radius 1 is 1.00 bits per heavy atom. The van der Waals surface area contributed by atoms with Crippen LogP contribution < -0.4 is 0 Å². The highest BCUT2D eigenvalue weighted by atomic mass is 16.2. The van der Waals surface area contributed by atoms with Crippen LogP contribution in [0.1, 0.15) is 79.6 Å². The summed E-state index contributed by atoms with van der Waals surface area (Å²) in [5.74, 6) is 0.321. The Morgan fingerprint density at radius 2 is 1.64 bits per heavy atom. The first-order valence-electron chi connectivity index (χ1n) is 9.43. The van der Waals surface area contributed by atoms with Gasteiger partial charge in [-0.05, 0) is 19.4 Å². The van der Waals surface area contributed by atoms with Crippen LogP contribution in [0.2, 0.25) is 0 Å². The lowest BCUT2D eigenvalue weighted by Gasteiger charge is -2.43. The van der Waals surface area contributed by atoms with Crippen LogP contribution >= 0.6 is 0 Å². The predicted molar refractivity (Wildman–Crippen MR) is 95.1 cm³/mol. The first-order chi connectivity index (χ1) is 10.4. The lowest BCUT2D eigenvalue weighted by atomic mass is 9.93. The zero-order valence-electron chi connectivity index (χ0n) is 15.7. The Bertz CT molecular complexity index is 322. The van der Waals surface area contributed by atoms with E-state index in [2.05, 4.69) is 23.6 Å². The summed E-state index contributed by atoms with van der Waals surface area (Å²) in [6, 6.07) is 0.573. The third kappa shape index (κ3) is 6.28. The monoisotopic (exact) mass is 310 g/mol. The fraction of sp³-hybridized carbons (Fsp3) is 0.947. The van der Waals surface area contributed by atoms with Gasteiger partial charge in [-0.25, -0.2) is 0 Å². The molecule has 0 saturated carbocycles. The van der Waals surface area contributed by atoms with Crippen LogP contribution in [0.3, 0.4) is 0 Å². The highest BCUT2D eigenvalue weighted by molar-refractivity contribution is 5.81. The van der Waals surface area contributed by atoms with Gasteiger partial charge < -0.3 is 4.90 Å². The van der Waals surface area contributed by atoms with Crippen LogP contribution in [0.15, 0.2) is 0 Å². The van der Waals surface area contributed by atoms with E-state index >= 15 is 0 Å². The molecule has 0 aromatic rings. The van der Waals surface area contributed by atoms with E-state index < -0.39 is 0 Å². The highest BCUT2D eigenvalue weighted by Crippen LogP contribution is 2.23. The largest absolute Gasteiger partial charge is 0.339 e. The van der Waals surface area contributed by atoms with Crippen molar-refractivity contribution in [2.75, 3.05) is 26.2 Å². The Labute approximate surface area is 138 Å². The van der Waals surface area contributed by atoms with Crippen molar-refractivity contribution in [3.05, 3.63) is 0 Å². The van der Waals surface area contributed by atoms with E-state index in [9.17, 15) is 4.79 Å². The smallest absolute Gasteiger partial charge is 0.228 e. The molecule has 130 valence electrons. The first kappa shape index (κ1) is 19.5. The van der Waals surface area contributed by atoms with E-state index in [1.165, 1.54) is 51.5 Å². The summed E-state index contributed by atoms with van der Waals surface area (Å²) in [7, 11) is 0. The fourth-order valence-electron chi connectivity index (χ4n) is 3.31. The minimum absolute atomic E-state index is 0.252. The molecule has 1 aliphatic rings. The first-order valence-corrected chi connectivity index (χ1v) is 9.43. The van der Waals surface area contributed by atoms with Crippen molar-refractivity contribution in [3.8, 4) is 0 Å². The second-order valence-corrected chi connectivity index (χ2v) is 7.89. The highest BCUT2D eigenvalue weighted by Gasteiger charge is 2.33. The number of unbranched alkanes of at least 4 members (excludes halogenated alkanes) is 4. The van der Waals surface area contributed by atoms with Crippen molar-refractivity contribution in [1.29, 1.82) is 0 Å². The minimum atomic E-state index is -0.252. The van der Waals surface area contributed by atoms with Crippen LogP contribution in [0.4, 0.5) is 0 Å². The minimum Gasteiger partial charge on any atom is -0.339 e. The normalized spacial score (nSPS) is 20.4. The zero-order chi connectivity index (χ0) is 16.6. The van der Waals surface area contributed by atoms with Gasteiger partial charge in [0.1, 0.15) is 0 Å². The van der Waals surface area contributed by atoms with Gasteiger partial charge in [-0.2, -0.15) is 0 Å². The van der Waals surface area contributed by atoms with Crippen molar-refractivity contribution in [1.82, 2.24) is 9.80 Å². The molecule has 22 heavy (non-hydrogen) atoms. The quantitative estimate of drug-likeness (QED) is 0.623. The summed E-state index contributed by atoms with van der Waals surface area (Å²) in [5.41, 5.74) is -0.252. The van der Waals surface area contributed by atoms with E-state index in [0.717, 1.165) is 19.6 Å². The average molecular weight is 311 g/mol. The summed E-state index contributed by atoms with van der Waals surface area (Å²) in [6.07, 6.45) is 9.02. The molecule has 3 nitrogen and oxygen atoms in total. The molecule has 0 N–H and O–H groups in total. The Hall–Kier alpha value is -0.570. The number of carbonyl (C=O) groups excluding carboxylic acids is 1. The van der Waals surface area contributed by atoms with Crippen molar-refractivity contribution in [2.45, 2.75) is 85.6 Å². The lowest BCUT2D eigenvalue weighted by molar-refractivity contribution is -0.142. The molecule has 0 aromatic heterocycles. The molecule has 1 aliphatic heterocycles. The van der Waals surface area contributed by atoms with Gasteiger partial charge >= 0.3 is 0 Å². The van der Waals surface area contributed by atoms with Crippen molar-refractivity contribution >= 4 is 5.91 Å². The van der Waals surface area contributed by atoms with E-state index in [1.807, 2.05) is 20.8 Å². The standard InChI is InChI=1S/C19H38N2O/c1-6-8-10-12-17-16-21(18(22)19(3,4)5)15-14-20(17)13-11-9-7-2/h17H,6-16H2,1-5H3. The molecule has 0 aromatic carbocycles. The summed E-state index contributed by atoms with van der Waals surface area (Å²) in [6.45, 7) is 14.7. The van der Waals surface area contributed by atoms with Crippen LogP contribution in [-0.4, -0.2) is 47.9 Å². The van der Waals surface area contributed by atoms with E-state index in [1.54, 1.807) is 0 Å². The average Bonchev–Trinajstić information content (AvgIpc) is 2.47. The molecule has 1 fully saturated rings. The van der Waals surface area contributed by atoms with Gasteiger partial charge in [0.25, 0.3) is 0 Å². The number of piperazine rings is 1. The fourth-order valence-corrected chi connectivity index (χ4v) is 3.31. The summed E-state index contributed by atoms with van der Waals surface area (Å²) in [4.78, 5) is 17.3.